The Morgan fingerprint density at radius 3 is 1.87 bits per heavy atom. The number of benzene rings is 2. The molecule has 0 aliphatic carbocycles. The maximum Gasteiger partial charge on any atom is 0.153 e. The quantitative estimate of drug-likeness (QED) is 0.219. The normalized spacial score (nSPS) is 13.4. The predicted molar refractivity (Wildman–Crippen MR) is 121 cm³/mol. The van der Waals surface area contributed by atoms with Crippen LogP contribution in [-0.2, 0) is 0 Å². The first-order valence-corrected chi connectivity index (χ1v) is 10.2. The molecule has 7 heteroatoms. The van der Waals surface area contributed by atoms with Crippen molar-refractivity contribution in [1.29, 1.82) is 0 Å². The summed E-state index contributed by atoms with van der Waals surface area (Å²) in [6.45, 7) is 7.47. The van der Waals surface area contributed by atoms with Gasteiger partial charge < -0.3 is 0 Å². The van der Waals surface area contributed by atoms with E-state index in [1.807, 2.05) is 69.4 Å². The van der Waals surface area contributed by atoms with E-state index >= 15 is 0 Å². The molecule has 2 aromatic rings. The van der Waals surface area contributed by atoms with Crippen molar-refractivity contribution in [2.24, 2.45) is 9.98 Å². The highest BCUT2D eigenvalue weighted by molar-refractivity contribution is 5.98. The minimum Gasteiger partial charge on any atom is -0.290 e. The summed E-state index contributed by atoms with van der Waals surface area (Å²) in [5.41, 5.74) is 8.44. The molecule has 7 nitrogen and oxygen atoms in total. The summed E-state index contributed by atoms with van der Waals surface area (Å²) < 4.78 is 0. The summed E-state index contributed by atoms with van der Waals surface area (Å²) in [6.07, 6.45) is 1.55. The van der Waals surface area contributed by atoms with E-state index in [1.165, 1.54) is 0 Å². The zero-order chi connectivity index (χ0) is 21.9. The first kappa shape index (κ1) is 23.5. The third-order valence-electron chi connectivity index (χ3n) is 4.95. The highest BCUT2D eigenvalue weighted by Gasteiger charge is 2.13. The van der Waals surface area contributed by atoms with Crippen LogP contribution >= 0.6 is 0 Å². The molecule has 4 N–H and O–H groups in total. The topological polar surface area (TPSA) is 92.5 Å². The second kappa shape index (κ2) is 12.1. The number of nitrogens with zero attached hydrogens (tertiary/aromatic N) is 3. The molecule has 0 radical (unpaired) electrons. The van der Waals surface area contributed by atoms with Crippen LogP contribution in [0, 0.1) is 13.8 Å². The SMILES string of the molecule is CCC(N=C(NO)c1ccc(C)cc1)N(C)CCCN=C(NO)c1ccc(C)cc1. The molecule has 0 aliphatic rings. The van der Waals surface area contributed by atoms with Crippen molar-refractivity contribution in [2.45, 2.75) is 39.8 Å². The summed E-state index contributed by atoms with van der Waals surface area (Å²) in [7, 11) is 2.01. The van der Waals surface area contributed by atoms with Gasteiger partial charge >= 0.3 is 0 Å². The minimum atomic E-state index is -0.0718. The second-order valence-corrected chi connectivity index (χ2v) is 7.39. The van der Waals surface area contributed by atoms with Crippen molar-refractivity contribution >= 4 is 11.7 Å². The van der Waals surface area contributed by atoms with Gasteiger partial charge in [-0.1, -0.05) is 66.6 Å². The van der Waals surface area contributed by atoms with Gasteiger partial charge in [0, 0.05) is 24.2 Å². The van der Waals surface area contributed by atoms with Crippen molar-refractivity contribution < 1.29 is 10.4 Å². The van der Waals surface area contributed by atoms with Gasteiger partial charge in [0.1, 0.15) is 6.17 Å². The first-order valence-electron chi connectivity index (χ1n) is 10.2. The molecule has 0 saturated heterocycles. The van der Waals surface area contributed by atoms with Crippen LogP contribution in [0.1, 0.15) is 42.0 Å². The molecule has 0 amide bonds. The van der Waals surface area contributed by atoms with Gasteiger partial charge in [-0.05, 0) is 33.7 Å². The Kier molecular flexibility index (Phi) is 9.47. The van der Waals surface area contributed by atoms with Crippen molar-refractivity contribution in [3.05, 3.63) is 70.8 Å². The van der Waals surface area contributed by atoms with E-state index in [9.17, 15) is 10.4 Å². The summed E-state index contributed by atoms with van der Waals surface area (Å²) in [4.78, 5) is 11.3. The van der Waals surface area contributed by atoms with Gasteiger partial charge in [-0.15, -0.1) is 0 Å². The van der Waals surface area contributed by atoms with Crippen molar-refractivity contribution in [1.82, 2.24) is 15.9 Å². The van der Waals surface area contributed by atoms with E-state index in [0.29, 0.717) is 18.2 Å². The molecule has 1 unspecified atom stereocenters. The lowest BCUT2D eigenvalue weighted by Gasteiger charge is -2.24. The van der Waals surface area contributed by atoms with Crippen LogP contribution in [0.15, 0.2) is 58.5 Å². The van der Waals surface area contributed by atoms with Gasteiger partial charge in [-0.2, -0.15) is 0 Å². The van der Waals surface area contributed by atoms with Crippen LogP contribution in [0.3, 0.4) is 0 Å². The lowest BCUT2D eigenvalue weighted by atomic mass is 10.1. The Morgan fingerprint density at radius 2 is 1.40 bits per heavy atom. The Bertz CT molecular complexity index is 832. The number of aliphatic imine (C=N–C) groups is 2. The molecular formula is C23H33N5O2. The van der Waals surface area contributed by atoms with E-state index in [0.717, 1.165) is 41.6 Å². The fourth-order valence-corrected chi connectivity index (χ4v) is 3.09. The van der Waals surface area contributed by atoms with Crippen molar-refractivity contribution in [2.75, 3.05) is 20.1 Å². The second-order valence-electron chi connectivity index (χ2n) is 7.39. The molecule has 162 valence electrons. The Morgan fingerprint density at radius 1 is 0.900 bits per heavy atom. The van der Waals surface area contributed by atoms with Crippen LogP contribution in [0.25, 0.3) is 0 Å². The van der Waals surface area contributed by atoms with Crippen LogP contribution < -0.4 is 11.0 Å². The molecule has 1 atom stereocenters. The van der Waals surface area contributed by atoms with Gasteiger partial charge in [0.05, 0.1) is 0 Å². The number of nitrogens with one attached hydrogen (secondary N) is 2. The third kappa shape index (κ3) is 6.95. The lowest BCUT2D eigenvalue weighted by Crippen LogP contribution is -2.34. The molecule has 0 spiro atoms. The van der Waals surface area contributed by atoms with E-state index in [2.05, 4.69) is 27.8 Å². The number of aryl methyl sites for hydroxylation is 2. The molecule has 0 fully saturated rings. The highest BCUT2D eigenvalue weighted by atomic mass is 16.5. The van der Waals surface area contributed by atoms with Gasteiger partial charge in [0.15, 0.2) is 11.7 Å². The average Bonchev–Trinajstić information content (AvgIpc) is 2.76. The van der Waals surface area contributed by atoms with Crippen molar-refractivity contribution in [3.8, 4) is 0 Å². The molecule has 0 aromatic heterocycles. The van der Waals surface area contributed by atoms with Crippen LogP contribution in [-0.4, -0.2) is 53.3 Å². The fraction of sp³-hybridized carbons (Fsp3) is 0.391. The number of hydroxylamine groups is 2. The van der Waals surface area contributed by atoms with E-state index in [-0.39, 0.29) is 6.17 Å². The summed E-state index contributed by atoms with van der Waals surface area (Å²) >= 11 is 0. The third-order valence-corrected chi connectivity index (χ3v) is 4.95. The molecule has 0 saturated carbocycles. The Labute approximate surface area is 179 Å². The van der Waals surface area contributed by atoms with Gasteiger partial charge in [0.25, 0.3) is 0 Å². The molecule has 2 aromatic carbocycles. The van der Waals surface area contributed by atoms with Crippen LogP contribution in [0.4, 0.5) is 0 Å². The molecule has 30 heavy (non-hydrogen) atoms. The minimum absolute atomic E-state index is 0.0718. The van der Waals surface area contributed by atoms with E-state index < -0.39 is 0 Å². The van der Waals surface area contributed by atoms with E-state index in [4.69, 9.17) is 4.99 Å². The number of hydrogen-bond donors (Lipinski definition) is 4. The molecule has 0 aliphatic heterocycles. The van der Waals surface area contributed by atoms with Crippen molar-refractivity contribution in [3.63, 3.8) is 0 Å². The fourth-order valence-electron chi connectivity index (χ4n) is 3.09. The molecular weight excluding hydrogens is 378 g/mol. The first-order chi connectivity index (χ1) is 14.5. The van der Waals surface area contributed by atoms with Gasteiger partial charge in [0.2, 0.25) is 0 Å². The lowest BCUT2D eigenvalue weighted by molar-refractivity contribution is 0.220. The average molecular weight is 412 g/mol. The molecule has 0 heterocycles. The summed E-state index contributed by atoms with van der Waals surface area (Å²) in [5.74, 6) is 0.923. The van der Waals surface area contributed by atoms with Crippen LogP contribution in [0.2, 0.25) is 0 Å². The monoisotopic (exact) mass is 411 g/mol. The standard InChI is InChI=1S/C23H33N5O2/c1-5-21(25-23(27-30)20-13-9-18(3)10-14-20)28(4)16-6-15-24-22(26-29)19-11-7-17(2)8-12-19/h7-14,21,29-30H,5-6,15-16H2,1-4H3,(H,24,26)(H,25,27). The summed E-state index contributed by atoms with van der Waals surface area (Å²) in [5, 5.41) is 19.0. The number of rotatable bonds is 9. The maximum absolute atomic E-state index is 9.55. The van der Waals surface area contributed by atoms with Crippen LogP contribution in [0.5, 0.6) is 0 Å². The zero-order valence-electron chi connectivity index (χ0n) is 18.3. The van der Waals surface area contributed by atoms with Gasteiger partial charge in [-0.3, -0.25) is 31.3 Å². The Hall–Kier alpha value is -2.74. The molecule has 2 rings (SSSR count). The highest BCUT2D eigenvalue weighted by Crippen LogP contribution is 2.10. The molecule has 0 bridgehead atoms. The summed E-state index contributed by atoms with van der Waals surface area (Å²) in [6, 6.07) is 15.7. The zero-order valence-corrected chi connectivity index (χ0v) is 18.3. The maximum atomic E-state index is 9.55. The number of hydrogen-bond acceptors (Lipinski definition) is 5. The smallest absolute Gasteiger partial charge is 0.153 e. The Balaban J connectivity index is 1.96. The largest absolute Gasteiger partial charge is 0.290 e. The van der Waals surface area contributed by atoms with E-state index in [1.54, 1.807) is 0 Å². The van der Waals surface area contributed by atoms with Gasteiger partial charge in [-0.25, -0.2) is 4.99 Å². The number of amidine groups is 2. The predicted octanol–water partition coefficient (Wildman–Crippen LogP) is 3.51.